The van der Waals surface area contributed by atoms with Gasteiger partial charge in [0.25, 0.3) is 0 Å². The van der Waals surface area contributed by atoms with Gasteiger partial charge in [-0.1, -0.05) is 12.1 Å². The Bertz CT molecular complexity index is 788. The average molecular weight is 426 g/mol. The molecule has 30 heavy (non-hydrogen) atoms. The van der Waals surface area contributed by atoms with Gasteiger partial charge >= 0.3 is 23.9 Å². The SMILES string of the molecule is CC(=O)OC1C(Oc2ccc(CO)cc2)OC(C(=O)O)C(OC(C)=O)C1OC(C)=O. The number of carboxylic acid groups (broad SMARTS) is 1. The predicted octanol–water partition coefficient (Wildman–Crippen LogP) is 0.162. The molecule has 5 atom stereocenters. The van der Waals surface area contributed by atoms with E-state index in [1.54, 1.807) is 12.1 Å². The molecule has 0 spiro atoms. The van der Waals surface area contributed by atoms with Gasteiger partial charge in [-0.05, 0) is 17.7 Å². The van der Waals surface area contributed by atoms with Crippen molar-refractivity contribution < 1.29 is 53.1 Å². The Morgan fingerprint density at radius 1 is 0.867 bits per heavy atom. The molecule has 0 bridgehead atoms. The van der Waals surface area contributed by atoms with Gasteiger partial charge in [0.05, 0.1) is 6.61 Å². The molecule has 0 amide bonds. The molecule has 1 heterocycles. The number of hydrogen-bond acceptors (Lipinski definition) is 10. The Morgan fingerprint density at radius 2 is 1.37 bits per heavy atom. The Hall–Kier alpha value is -3.18. The van der Waals surface area contributed by atoms with E-state index in [1.807, 2.05) is 0 Å². The summed E-state index contributed by atoms with van der Waals surface area (Å²) in [5.74, 6) is -3.78. The molecule has 0 aromatic heterocycles. The summed E-state index contributed by atoms with van der Waals surface area (Å²) in [6.45, 7) is 2.98. The van der Waals surface area contributed by atoms with Crippen molar-refractivity contribution in [3.05, 3.63) is 29.8 Å². The van der Waals surface area contributed by atoms with Gasteiger partial charge in [-0.3, -0.25) is 14.4 Å². The third-order valence-electron chi connectivity index (χ3n) is 4.00. The summed E-state index contributed by atoms with van der Waals surface area (Å²) in [5, 5.41) is 18.7. The number of carbonyl (C=O) groups is 4. The monoisotopic (exact) mass is 426 g/mol. The number of carbonyl (C=O) groups excluding carboxylic acids is 3. The summed E-state index contributed by atoms with van der Waals surface area (Å²) in [7, 11) is 0. The van der Waals surface area contributed by atoms with Crippen molar-refractivity contribution in [1.82, 2.24) is 0 Å². The largest absolute Gasteiger partial charge is 0.479 e. The number of esters is 3. The lowest BCUT2D eigenvalue weighted by molar-refractivity contribution is -0.281. The van der Waals surface area contributed by atoms with Crippen molar-refractivity contribution in [2.24, 2.45) is 0 Å². The maximum Gasteiger partial charge on any atom is 0.337 e. The van der Waals surface area contributed by atoms with Crippen molar-refractivity contribution in [1.29, 1.82) is 0 Å². The number of rotatable bonds is 7. The standard InChI is InChI=1S/C19H22O11/c1-9(21)26-14-15(27-10(2)22)17(28-11(3)23)19(30-16(14)18(24)25)29-13-6-4-12(8-20)5-7-13/h4-7,14-17,19-20H,8H2,1-3H3,(H,24,25). The highest BCUT2D eigenvalue weighted by molar-refractivity contribution is 5.75. The minimum Gasteiger partial charge on any atom is -0.479 e. The van der Waals surface area contributed by atoms with Gasteiger partial charge in [0.2, 0.25) is 12.4 Å². The molecular formula is C19H22O11. The average Bonchev–Trinajstić information content (AvgIpc) is 2.65. The van der Waals surface area contributed by atoms with Crippen molar-refractivity contribution >= 4 is 23.9 Å². The van der Waals surface area contributed by atoms with Crippen LogP contribution in [0.25, 0.3) is 0 Å². The summed E-state index contributed by atoms with van der Waals surface area (Å²) in [4.78, 5) is 46.5. The normalized spacial score (nSPS) is 25.7. The van der Waals surface area contributed by atoms with Crippen LogP contribution in [0.1, 0.15) is 26.3 Å². The molecule has 11 heteroatoms. The maximum absolute atomic E-state index is 11.7. The van der Waals surface area contributed by atoms with E-state index in [-0.39, 0.29) is 12.4 Å². The van der Waals surface area contributed by atoms with Crippen molar-refractivity contribution in [2.45, 2.75) is 58.1 Å². The van der Waals surface area contributed by atoms with Crippen molar-refractivity contribution in [2.75, 3.05) is 0 Å². The van der Waals surface area contributed by atoms with E-state index in [9.17, 15) is 24.3 Å². The summed E-state index contributed by atoms with van der Waals surface area (Å²) >= 11 is 0. The zero-order valence-electron chi connectivity index (χ0n) is 16.5. The zero-order valence-corrected chi connectivity index (χ0v) is 16.5. The van der Waals surface area contributed by atoms with Crippen LogP contribution in [-0.4, -0.2) is 64.8 Å². The Balaban J connectivity index is 2.43. The first-order valence-electron chi connectivity index (χ1n) is 8.88. The first-order chi connectivity index (χ1) is 14.1. The molecule has 1 aromatic rings. The second-order valence-electron chi connectivity index (χ2n) is 6.41. The third kappa shape index (κ3) is 5.91. The summed E-state index contributed by atoms with van der Waals surface area (Å²) in [5.41, 5.74) is 0.597. The number of benzene rings is 1. The fraction of sp³-hybridized carbons (Fsp3) is 0.474. The summed E-state index contributed by atoms with van der Waals surface area (Å²) in [6, 6.07) is 6.07. The molecule has 11 nitrogen and oxygen atoms in total. The van der Waals surface area contributed by atoms with Gasteiger partial charge in [-0.15, -0.1) is 0 Å². The second-order valence-corrected chi connectivity index (χ2v) is 6.41. The van der Waals surface area contributed by atoms with Crippen LogP contribution >= 0.6 is 0 Å². The molecule has 0 saturated carbocycles. The van der Waals surface area contributed by atoms with Crippen LogP contribution in [0.3, 0.4) is 0 Å². The van der Waals surface area contributed by atoms with Crippen LogP contribution in [-0.2, 0) is 44.7 Å². The summed E-state index contributed by atoms with van der Waals surface area (Å²) in [6.07, 6.45) is -7.82. The number of hydrogen-bond donors (Lipinski definition) is 2. The smallest absolute Gasteiger partial charge is 0.337 e. The Labute approximate surface area is 171 Å². The highest BCUT2D eigenvalue weighted by Gasteiger charge is 2.55. The first-order valence-corrected chi connectivity index (χ1v) is 8.88. The number of aliphatic hydroxyl groups is 1. The van der Waals surface area contributed by atoms with Gasteiger partial charge in [0.15, 0.2) is 18.3 Å². The number of aliphatic carboxylic acids is 1. The van der Waals surface area contributed by atoms with Crippen molar-refractivity contribution in [3.63, 3.8) is 0 Å². The topological polar surface area (TPSA) is 155 Å². The molecule has 2 rings (SSSR count). The number of aliphatic hydroxyl groups excluding tert-OH is 1. The molecule has 1 aromatic carbocycles. The number of carboxylic acids is 1. The lowest BCUT2D eigenvalue weighted by atomic mass is 9.97. The molecule has 0 radical (unpaired) electrons. The molecule has 1 saturated heterocycles. The van der Waals surface area contributed by atoms with Crippen LogP contribution in [0.15, 0.2) is 24.3 Å². The van der Waals surface area contributed by atoms with E-state index in [0.717, 1.165) is 20.8 Å². The molecule has 5 unspecified atom stereocenters. The van der Waals surface area contributed by atoms with E-state index in [4.69, 9.17) is 28.8 Å². The van der Waals surface area contributed by atoms with Gasteiger partial charge in [-0.25, -0.2) is 4.79 Å². The van der Waals surface area contributed by atoms with E-state index >= 15 is 0 Å². The van der Waals surface area contributed by atoms with Gasteiger partial charge in [-0.2, -0.15) is 0 Å². The molecule has 1 aliphatic rings. The van der Waals surface area contributed by atoms with Gasteiger partial charge < -0.3 is 33.9 Å². The minimum absolute atomic E-state index is 0.198. The minimum atomic E-state index is -1.77. The molecular weight excluding hydrogens is 404 g/mol. The Morgan fingerprint density at radius 3 is 1.83 bits per heavy atom. The van der Waals surface area contributed by atoms with Gasteiger partial charge in [0, 0.05) is 20.8 Å². The first kappa shape index (κ1) is 23.1. The predicted molar refractivity (Wildman–Crippen MR) is 96.0 cm³/mol. The van der Waals surface area contributed by atoms with Crippen LogP contribution < -0.4 is 4.74 Å². The highest BCUT2D eigenvalue weighted by Crippen LogP contribution is 2.31. The quantitative estimate of drug-likeness (QED) is 0.452. The molecule has 0 aliphatic carbocycles. The highest BCUT2D eigenvalue weighted by atomic mass is 16.7. The Kier molecular flexibility index (Phi) is 7.72. The van der Waals surface area contributed by atoms with Gasteiger partial charge in [0.1, 0.15) is 5.75 Å². The molecule has 2 N–H and O–H groups in total. The summed E-state index contributed by atoms with van der Waals surface area (Å²) < 4.78 is 26.4. The zero-order chi connectivity index (χ0) is 22.4. The fourth-order valence-electron chi connectivity index (χ4n) is 2.88. The van der Waals surface area contributed by atoms with E-state index < -0.39 is 54.6 Å². The molecule has 164 valence electrons. The van der Waals surface area contributed by atoms with Crippen LogP contribution in [0.4, 0.5) is 0 Å². The lowest BCUT2D eigenvalue weighted by Gasteiger charge is -2.42. The van der Waals surface area contributed by atoms with E-state index in [1.165, 1.54) is 12.1 Å². The van der Waals surface area contributed by atoms with Crippen LogP contribution in [0.2, 0.25) is 0 Å². The van der Waals surface area contributed by atoms with E-state index in [0.29, 0.717) is 5.56 Å². The fourth-order valence-corrected chi connectivity index (χ4v) is 2.88. The number of ether oxygens (including phenoxy) is 5. The lowest BCUT2D eigenvalue weighted by Crippen LogP contribution is -2.64. The molecule has 1 aliphatic heterocycles. The van der Waals surface area contributed by atoms with E-state index in [2.05, 4.69) is 0 Å². The van der Waals surface area contributed by atoms with Crippen LogP contribution in [0.5, 0.6) is 5.75 Å². The molecule has 1 fully saturated rings. The van der Waals surface area contributed by atoms with Crippen LogP contribution in [0, 0.1) is 0 Å². The second kappa shape index (κ2) is 10.0. The van der Waals surface area contributed by atoms with Crippen molar-refractivity contribution in [3.8, 4) is 5.75 Å². The third-order valence-corrected chi connectivity index (χ3v) is 4.00. The maximum atomic E-state index is 11.7.